The SMILES string of the molecule is C#CC(C)N1C(=O)C2CCCN2C(=O)C1C. The number of nitrogens with zero attached hydrogens (tertiary/aromatic N) is 2. The van der Waals surface area contributed by atoms with E-state index in [2.05, 4.69) is 5.92 Å². The number of carbonyl (C=O) groups excluding carboxylic acids is 2. The van der Waals surface area contributed by atoms with Crippen LogP contribution in [0.5, 0.6) is 0 Å². The maximum Gasteiger partial charge on any atom is 0.247 e. The van der Waals surface area contributed by atoms with Crippen molar-refractivity contribution in [2.45, 2.75) is 44.8 Å². The average molecular weight is 220 g/mol. The lowest BCUT2D eigenvalue weighted by molar-refractivity contribution is -0.159. The summed E-state index contributed by atoms with van der Waals surface area (Å²) in [5.41, 5.74) is 0. The lowest BCUT2D eigenvalue weighted by Crippen LogP contribution is -2.63. The van der Waals surface area contributed by atoms with Crippen LogP contribution in [0.2, 0.25) is 0 Å². The summed E-state index contributed by atoms with van der Waals surface area (Å²) in [6.07, 6.45) is 7.02. The van der Waals surface area contributed by atoms with Crippen molar-refractivity contribution in [1.82, 2.24) is 9.80 Å². The van der Waals surface area contributed by atoms with Crippen LogP contribution >= 0.6 is 0 Å². The van der Waals surface area contributed by atoms with Crippen molar-refractivity contribution in [1.29, 1.82) is 0 Å². The Kier molecular flexibility index (Phi) is 2.63. The molecular weight excluding hydrogens is 204 g/mol. The maximum atomic E-state index is 12.2. The Bertz CT molecular complexity index is 372. The van der Waals surface area contributed by atoms with Crippen molar-refractivity contribution >= 4 is 11.8 Å². The molecule has 4 nitrogen and oxygen atoms in total. The first-order chi connectivity index (χ1) is 7.57. The van der Waals surface area contributed by atoms with Crippen molar-refractivity contribution in [3.05, 3.63) is 0 Å². The second-order valence-electron chi connectivity index (χ2n) is 4.45. The summed E-state index contributed by atoms with van der Waals surface area (Å²) in [4.78, 5) is 27.5. The molecule has 2 fully saturated rings. The monoisotopic (exact) mass is 220 g/mol. The molecule has 0 N–H and O–H groups in total. The fourth-order valence-corrected chi connectivity index (χ4v) is 2.62. The summed E-state index contributed by atoms with van der Waals surface area (Å²) < 4.78 is 0. The van der Waals surface area contributed by atoms with Crippen molar-refractivity contribution < 1.29 is 9.59 Å². The normalized spacial score (nSPS) is 31.3. The van der Waals surface area contributed by atoms with Gasteiger partial charge in [-0.05, 0) is 26.7 Å². The number of fused-ring (bicyclic) bond motifs is 1. The Morgan fingerprint density at radius 1 is 1.44 bits per heavy atom. The molecule has 0 bridgehead atoms. The predicted octanol–water partition coefficient (Wildman–Crippen LogP) is 0.230. The van der Waals surface area contributed by atoms with Gasteiger partial charge in [-0.25, -0.2) is 0 Å². The number of hydrogen-bond donors (Lipinski definition) is 0. The predicted molar refractivity (Wildman–Crippen MR) is 59.3 cm³/mol. The molecule has 3 atom stereocenters. The number of terminal acetylenes is 1. The van der Waals surface area contributed by atoms with E-state index in [1.165, 1.54) is 0 Å². The van der Waals surface area contributed by atoms with Gasteiger partial charge in [0.15, 0.2) is 0 Å². The van der Waals surface area contributed by atoms with E-state index in [1.54, 1.807) is 23.6 Å². The summed E-state index contributed by atoms with van der Waals surface area (Å²) in [6.45, 7) is 4.24. The van der Waals surface area contributed by atoms with E-state index in [4.69, 9.17) is 6.42 Å². The highest BCUT2D eigenvalue weighted by Gasteiger charge is 2.47. The summed E-state index contributed by atoms with van der Waals surface area (Å²) in [5.74, 6) is 2.57. The minimum Gasteiger partial charge on any atom is -0.329 e. The Hall–Kier alpha value is -1.50. The molecule has 2 amide bonds. The highest BCUT2D eigenvalue weighted by atomic mass is 16.2. The summed E-state index contributed by atoms with van der Waals surface area (Å²) in [5, 5.41) is 0. The zero-order chi connectivity index (χ0) is 11.9. The highest BCUT2D eigenvalue weighted by Crippen LogP contribution is 2.27. The molecule has 4 heteroatoms. The third kappa shape index (κ3) is 1.39. The zero-order valence-corrected chi connectivity index (χ0v) is 9.64. The van der Waals surface area contributed by atoms with Crippen LogP contribution in [-0.2, 0) is 9.59 Å². The molecule has 3 unspecified atom stereocenters. The van der Waals surface area contributed by atoms with E-state index < -0.39 is 6.04 Å². The second kappa shape index (κ2) is 3.82. The minimum absolute atomic E-state index is 0.00931. The van der Waals surface area contributed by atoms with Gasteiger partial charge in [0, 0.05) is 6.54 Å². The van der Waals surface area contributed by atoms with E-state index in [9.17, 15) is 9.59 Å². The largest absolute Gasteiger partial charge is 0.329 e. The van der Waals surface area contributed by atoms with Gasteiger partial charge in [0.05, 0.1) is 6.04 Å². The smallest absolute Gasteiger partial charge is 0.247 e. The number of amides is 2. The maximum absolute atomic E-state index is 12.2. The third-order valence-electron chi connectivity index (χ3n) is 3.51. The van der Waals surface area contributed by atoms with Gasteiger partial charge in [0.1, 0.15) is 12.1 Å². The van der Waals surface area contributed by atoms with Crippen LogP contribution < -0.4 is 0 Å². The average Bonchev–Trinajstić information content (AvgIpc) is 2.75. The molecule has 0 aromatic rings. The molecule has 2 rings (SSSR count). The van der Waals surface area contributed by atoms with Crippen molar-refractivity contribution in [2.24, 2.45) is 0 Å². The molecule has 0 aliphatic carbocycles. The molecule has 0 saturated carbocycles. The third-order valence-corrected chi connectivity index (χ3v) is 3.51. The van der Waals surface area contributed by atoms with Crippen LogP contribution in [0.25, 0.3) is 0 Å². The fourth-order valence-electron chi connectivity index (χ4n) is 2.62. The van der Waals surface area contributed by atoms with Crippen LogP contribution in [0.1, 0.15) is 26.7 Å². The molecule has 2 aliphatic heterocycles. The molecule has 16 heavy (non-hydrogen) atoms. The quantitative estimate of drug-likeness (QED) is 0.593. The van der Waals surface area contributed by atoms with E-state index in [1.807, 2.05) is 0 Å². The van der Waals surface area contributed by atoms with Gasteiger partial charge in [-0.3, -0.25) is 9.59 Å². The molecule has 0 radical (unpaired) electrons. The summed E-state index contributed by atoms with van der Waals surface area (Å²) in [7, 11) is 0. The van der Waals surface area contributed by atoms with Gasteiger partial charge in [-0.1, -0.05) is 5.92 Å². The van der Waals surface area contributed by atoms with Crippen molar-refractivity contribution in [3.8, 4) is 12.3 Å². The molecule has 0 aromatic carbocycles. The van der Waals surface area contributed by atoms with E-state index in [0.717, 1.165) is 12.8 Å². The Balaban J connectivity index is 2.31. The molecule has 0 aromatic heterocycles. The Morgan fingerprint density at radius 2 is 2.12 bits per heavy atom. The molecule has 2 saturated heterocycles. The van der Waals surface area contributed by atoms with Crippen LogP contribution in [0.3, 0.4) is 0 Å². The second-order valence-corrected chi connectivity index (χ2v) is 4.45. The number of rotatable bonds is 1. The van der Waals surface area contributed by atoms with Crippen molar-refractivity contribution in [2.75, 3.05) is 6.54 Å². The van der Waals surface area contributed by atoms with E-state index in [0.29, 0.717) is 6.54 Å². The highest BCUT2D eigenvalue weighted by molar-refractivity contribution is 5.97. The van der Waals surface area contributed by atoms with Gasteiger partial charge in [-0.15, -0.1) is 6.42 Å². The van der Waals surface area contributed by atoms with Crippen LogP contribution in [0.4, 0.5) is 0 Å². The van der Waals surface area contributed by atoms with Crippen LogP contribution in [0.15, 0.2) is 0 Å². The topological polar surface area (TPSA) is 40.6 Å². The molecule has 2 aliphatic rings. The Labute approximate surface area is 95.6 Å². The van der Waals surface area contributed by atoms with Gasteiger partial charge >= 0.3 is 0 Å². The molecule has 86 valence electrons. The van der Waals surface area contributed by atoms with Gasteiger partial charge in [-0.2, -0.15) is 0 Å². The molecular formula is C12H16N2O2. The first kappa shape index (κ1) is 11.0. The lowest BCUT2D eigenvalue weighted by atomic mass is 10.0. The van der Waals surface area contributed by atoms with E-state index >= 15 is 0 Å². The minimum atomic E-state index is -0.423. The van der Waals surface area contributed by atoms with Crippen LogP contribution in [-0.4, -0.2) is 46.3 Å². The fraction of sp³-hybridized carbons (Fsp3) is 0.667. The first-order valence-corrected chi connectivity index (χ1v) is 5.66. The Morgan fingerprint density at radius 3 is 2.75 bits per heavy atom. The first-order valence-electron chi connectivity index (χ1n) is 5.66. The molecule has 0 spiro atoms. The lowest BCUT2D eigenvalue weighted by Gasteiger charge is -2.42. The molecule has 2 heterocycles. The number of carbonyl (C=O) groups is 2. The zero-order valence-electron chi connectivity index (χ0n) is 9.64. The summed E-state index contributed by atoms with van der Waals surface area (Å²) >= 11 is 0. The number of piperazine rings is 1. The van der Waals surface area contributed by atoms with Crippen LogP contribution in [0, 0.1) is 12.3 Å². The van der Waals surface area contributed by atoms with Gasteiger partial charge in [0.25, 0.3) is 0 Å². The van der Waals surface area contributed by atoms with Gasteiger partial charge < -0.3 is 9.80 Å². The summed E-state index contributed by atoms with van der Waals surface area (Å²) in [6, 6.07) is -0.999. The van der Waals surface area contributed by atoms with Gasteiger partial charge in [0.2, 0.25) is 11.8 Å². The number of hydrogen-bond acceptors (Lipinski definition) is 2. The van der Waals surface area contributed by atoms with E-state index in [-0.39, 0.29) is 23.9 Å². The van der Waals surface area contributed by atoms with Crippen molar-refractivity contribution in [3.63, 3.8) is 0 Å². The standard InChI is InChI=1S/C12H16N2O2/c1-4-8(2)14-9(3)11(15)13-7-5-6-10(13)12(14)16/h1,8-10H,5-7H2,2-3H3.